The van der Waals surface area contributed by atoms with Crippen LogP contribution in [-0.4, -0.2) is 47.7 Å². The standard InChI is InChI=1S/C26H30N2O6S/c1-4-33-23-10-6-5-9-22(23)28(35(30,31)21-15-13-20(2)14-16-21)19-26(29)27-17-18-34-25-12-8-7-11-24(25)32-3/h5-16H,4,17-19H2,1-3H3,(H,27,29). The summed E-state index contributed by atoms with van der Waals surface area (Å²) in [4.78, 5) is 12.9. The number of hydrogen-bond acceptors (Lipinski definition) is 6. The third kappa shape index (κ3) is 6.66. The highest BCUT2D eigenvalue weighted by Gasteiger charge is 2.29. The van der Waals surface area contributed by atoms with Crippen LogP contribution >= 0.6 is 0 Å². The lowest BCUT2D eigenvalue weighted by Crippen LogP contribution is -2.42. The first-order valence-electron chi connectivity index (χ1n) is 11.2. The molecule has 0 saturated heterocycles. The minimum atomic E-state index is -4.04. The SMILES string of the molecule is CCOc1ccccc1N(CC(=O)NCCOc1ccccc1OC)S(=O)(=O)c1ccc(C)cc1. The van der Waals surface area contributed by atoms with Crippen LogP contribution in [0.15, 0.2) is 77.7 Å². The Balaban J connectivity index is 1.77. The summed E-state index contributed by atoms with van der Waals surface area (Å²) in [6, 6.07) is 20.4. The van der Waals surface area contributed by atoms with E-state index in [4.69, 9.17) is 14.2 Å². The lowest BCUT2D eigenvalue weighted by molar-refractivity contribution is -0.119. The number of carbonyl (C=O) groups is 1. The molecule has 0 heterocycles. The Bertz CT molecular complexity index is 1230. The van der Waals surface area contributed by atoms with Crippen molar-refractivity contribution in [3.8, 4) is 17.2 Å². The van der Waals surface area contributed by atoms with E-state index in [0.29, 0.717) is 23.9 Å². The first-order valence-corrected chi connectivity index (χ1v) is 12.6. The normalized spacial score (nSPS) is 10.9. The molecular formula is C26H30N2O6S. The Morgan fingerprint density at radius 3 is 2.17 bits per heavy atom. The van der Waals surface area contributed by atoms with Crippen molar-refractivity contribution in [1.29, 1.82) is 0 Å². The molecule has 0 aromatic heterocycles. The maximum atomic E-state index is 13.6. The van der Waals surface area contributed by atoms with Crippen LogP contribution in [0.5, 0.6) is 17.2 Å². The lowest BCUT2D eigenvalue weighted by Gasteiger charge is -2.26. The first kappa shape index (κ1) is 25.9. The van der Waals surface area contributed by atoms with Crippen LogP contribution in [0.25, 0.3) is 0 Å². The van der Waals surface area contributed by atoms with Gasteiger partial charge in [-0.15, -0.1) is 0 Å². The van der Waals surface area contributed by atoms with E-state index in [-0.39, 0.29) is 23.7 Å². The van der Waals surface area contributed by atoms with E-state index in [2.05, 4.69) is 5.32 Å². The Morgan fingerprint density at radius 1 is 0.886 bits per heavy atom. The molecule has 186 valence electrons. The third-order valence-corrected chi connectivity index (χ3v) is 6.85. The summed E-state index contributed by atoms with van der Waals surface area (Å²) in [6.45, 7) is 3.98. The number of methoxy groups -OCH3 is 1. The van der Waals surface area contributed by atoms with Gasteiger partial charge < -0.3 is 19.5 Å². The number of carbonyl (C=O) groups excluding carboxylic acids is 1. The average Bonchev–Trinajstić information content (AvgIpc) is 2.86. The highest BCUT2D eigenvalue weighted by Crippen LogP contribution is 2.32. The van der Waals surface area contributed by atoms with E-state index in [0.717, 1.165) is 9.87 Å². The van der Waals surface area contributed by atoms with Gasteiger partial charge in [0.15, 0.2) is 11.5 Å². The molecule has 0 aliphatic rings. The Hall–Kier alpha value is -3.72. The average molecular weight is 499 g/mol. The summed E-state index contributed by atoms with van der Waals surface area (Å²) in [6.07, 6.45) is 0. The van der Waals surface area contributed by atoms with Crippen molar-refractivity contribution in [2.24, 2.45) is 0 Å². The molecule has 0 aliphatic heterocycles. The van der Waals surface area contributed by atoms with Crippen molar-refractivity contribution in [3.63, 3.8) is 0 Å². The largest absolute Gasteiger partial charge is 0.493 e. The topological polar surface area (TPSA) is 94.2 Å². The molecule has 3 aromatic carbocycles. The molecule has 3 aromatic rings. The van der Waals surface area contributed by atoms with Gasteiger partial charge in [0, 0.05) is 0 Å². The maximum Gasteiger partial charge on any atom is 0.264 e. The van der Waals surface area contributed by atoms with Crippen LogP contribution in [0, 0.1) is 6.92 Å². The molecule has 1 amide bonds. The molecule has 35 heavy (non-hydrogen) atoms. The van der Waals surface area contributed by atoms with Crippen molar-refractivity contribution in [2.45, 2.75) is 18.7 Å². The summed E-state index contributed by atoms with van der Waals surface area (Å²) >= 11 is 0. The summed E-state index contributed by atoms with van der Waals surface area (Å²) in [5, 5.41) is 2.72. The fourth-order valence-corrected chi connectivity index (χ4v) is 4.79. The smallest absolute Gasteiger partial charge is 0.264 e. The second-order valence-corrected chi connectivity index (χ2v) is 9.44. The van der Waals surface area contributed by atoms with Gasteiger partial charge in [0.25, 0.3) is 10.0 Å². The zero-order valence-corrected chi connectivity index (χ0v) is 20.9. The minimum absolute atomic E-state index is 0.0849. The molecular weight excluding hydrogens is 468 g/mol. The van der Waals surface area contributed by atoms with Crippen molar-refractivity contribution in [3.05, 3.63) is 78.4 Å². The predicted octanol–water partition coefficient (Wildman–Crippen LogP) is 3.79. The lowest BCUT2D eigenvalue weighted by atomic mass is 10.2. The van der Waals surface area contributed by atoms with Gasteiger partial charge in [-0.2, -0.15) is 0 Å². The van der Waals surface area contributed by atoms with E-state index in [1.807, 2.05) is 26.0 Å². The monoisotopic (exact) mass is 498 g/mol. The fourth-order valence-electron chi connectivity index (χ4n) is 3.35. The number of aryl methyl sites for hydroxylation is 1. The van der Waals surface area contributed by atoms with Crippen LogP contribution in [0.2, 0.25) is 0 Å². The second kappa shape index (κ2) is 12.1. The fraction of sp³-hybridized carbons (Fsp3) is 0.269. The van der Waals surface area contributed by atoms with Gasteiger partial charge in [-0.25, -0.2) is 8.42 Å². The Morgan fingerprint density at radius 2 is 1.51 bits per heavy atom. The second-order valence-electron chi connectivity index (χ2n) is 7.57. The summed E-state index contributed by atoms with van der Waals surface area (Å²) < 4.78 is 44.8. The number of amides is 1. The van der Waals surface area contributed by atoms with Gasteiger partial charge in [-0.3, -0.25) is 9.10 Å². The van der Waals surface area contributed by atoms with Gasteiger partial charge >= 0.3 is 0 Å². The minimum Gasteiger partial charge on any atom is -0.493 e. The number of hydrogen-bond donors (Lipinski definition) is 1. The Labute approximate surface area is 206 Å². The number of rotatable bonds is 12. The highest BCUT2D eigenvalue weighted by atomic mass is 32.2. The zero-order chi connectivity index (χ0) is 25.3. The molecule has 0 atom stereocenters. The van der Waals surface area contributed by atoms with E-state index >= 15 is 0 Å². The number of ether oxygens (including phenoxy) is 3. The molecule has 1 N–H and O–H groups in total. The molecule has 0 fully saturated rings. The van der Waals surface area contributed by atoms with Gasteiger partial charge in [-0.1, -0.05) is 42.0 Å². The van der Waals surface area contributed by atoms with Gasteiger partial charge in [0.1, 0.15) is 18.9 Å². The molecule has 3 rings (SSSR count). The molecule has 9 heteroatoms. The van der Waals surface area contributed by atoms with Crippen molar-refractivity contribution < 1.29 is 27.4 Å². The van der Waals surface area contributed by atoms with E-state index in [1.54, 1.807) is 55.6 Å². The molecule has 0 unspecified atom stereocenters. The van der Waals surface area contributed by atoms with E-state index < -0.39 is 22.5 Å². The van der Waals surface area contributed by atoms with E-state index in [1.165, 1.54) is 12.1 Å². The van der Waals surface area contributed by atoms with Crippen molar-refractivity contribution in [1.82, 2.24) is 5.32 Å². The molecule has 0 aliphatic carbocycles. The summed E-state index contributed by atoms with van der Waals surface area (Å²) in [5.74, 6) is 1.04. The van der Waals surface area contributed by atoms with Gasteiger partial charge in [0.05, 0.1) is 30.8 Å². The number of anilines is 1. The van der Waals surface area contributed by atoms with Crippen LogP contribution in [0.1, 0.15) is 12.5 Å². The number of para-hydroxylation sites is 4. The van der Waals surface area contributed by atoms with Crippen molar-refractivity contribution in [2.75, 3.05) is 37.7 Å². The van der Waals surface area contributed by atoms with Crippen LogP contribution in [0.4, 0.5) is 5.69 Å². The number of nitrogens with one attached hydrogen (secondary N) is 1. The van der Waals surface area contributed by atoms with Crippen molar-refractivity contribution >= 4 is 21.6 Å². The first-order chi connectivity index (χ1) is 16.9. The van der Waals surface area contributed by atoms with Gasteiger partial charge in [0.2, 0.25) is 5.91 Å². The number of sulfonamides is 1. The maximum absolute atomic E-state index is 13.6. The molecule has 8 nitrogen and oxygen atoms in total. The highest BCUT2D eigenvalue weighted by molar-refractivity contribution is 7.92. The quantitative estimate of drug-likeness (QED) is 0.382. The molecule has 0 spiro atoms. The van der Waals surface area contributed by atoms with Crippen LogP contribution in [0.3, 0.4) is 0 Å². The predicted molar refractivity (Wildman–Crippen MR) is 135 cm³/mol. The van der Waals surface area contributed by atoms with E-state index in [9.17, 15) is 13.2 Å². The summed E-state index contributed by atoms with van der Waals surface area (Å²) in [7, 11) is -2.50. The Kier molecular flexibility index (Phi) is 8.97. The van der Waals surface area contributed by atoms with Crippen LogP contribution < -0.4 is 23.8 Å². The molecule has 0 bridgehead atoms. The van der Waals surface area contributed by atoms with Crippen LogP contribution in [-0.2, 0) is 14.8 Å². The number of nitrogens with zero attached hydrogens (tertiary/aromatic N) is 1. The molecule has 0 radical (unpaired) electrons. The molecule has 0 saturated carbocycles. The third-order valence-electron chi connectivity index (χ3n) is 5.08. The summed E-state index contributed by atoms with van der Waals surface area (Å²) in [5.41, 5.74) is 1.22. The number of benzene rings is 3. The van der Waals surface area contributed by atoms with Gasteiger partial charge in [-0.05, 0) is 50.2 Å². The zero-order valence-electron chi connectivity index (χ0n) is 20.1.